The number of hydrogen-bond acceptors (Lipinski definition) is 8. The number of phosphoric ester groups is 1. The number of unbranched alkanes of at least 4 members (excludes halogenated alkanes) is 26. The van der Waals surface area contributed by atoms with Crippen molar-refractivity contribution in [1.29, 1.82) is 0 Å². The quantitative estimate of drug-likeness (QED) is 0.0266. The van der Waals surface area contributed by atoms with E-state index in [4.69, 9.17) is 24.3 Å². The van der Waals surface area contributed by atoms with Gasteiger partial charge in [-0.05, 0) is 51.4 Å². The molecule has 1 unspecified atom stereocenters. The molecule has 0 aromatic carbocycles. The van der Waals surface area contributed by atoms with Crippen molar-refractivity contribution in [3.05, 3.63) is 36.5 Å². The van der Waals surface area contributed by atoms with Crippen LogP contribution in [0.3, 0.4) is 0 Å². The van der Waals surface area contributed by atoms with Crippen LogP contribution in [0, 0.1) is 0 Å². The van der Waals surface area contributed by atoms with Crippen LogP contribution in [0.5, 0.6) is 0 Å². The molecule has 0 aromatic rings. The Bertz CT molecular complexity index is 1050. The van der Waals surface area contributed by atoms with Gasteiger partial charge >= 0.3 is 19.8 Å². The van der Waals surface area contributed by atoms with E-state index in [0.717, 1.165) is 44.9 Å². The molecule has 0 aliphatic rings. The first-order valence-electron chi connectivity index (χ1n) is 24.0. The summed E-state index contributed by atoms with van der Waals surface area (Å²) in [4.78, 5) is 34.9. The standard InChI is InChI=1S/C48H90NO8P/c1-3-5-7-9-11-13-15-17-19-20-21-22-23-24-25-27-29-31-33-35-37-39-41-48(51)57-46(45-56-58(52,53)55-43-42-49)44-54-47(50)40-38-36-34-32-30-28-26-18-16-14-12-10-8-6-4-2/h12,14,18,26,30,32,46H,3-11,13,15-17,19-25,27-29,31,33-45,49H2,1-2H3,(H,52,53)/b14-12+,26-18+,32-30+/t46-/m1/s1. The molecule has 0 heterocycles. The molecule has 9 nitrogen and oxygen atoms in total. The Morgan fingerprint density at radius 2 is 0.897 bits per heavy atom. The Morgan fingerprint density at radius 1 is 0.517 bits per heavy atom. The van der Waals surface area contributed by atoms with Crippen LogP contribution in [-0.2, 0) is 32.7 Å². The number of esters is 2. The molecule has 0 aliphatic heterocycles. The van der Waals surface area contributed by atoms with E-state index in [9.17, 15) is 19.0 Å². The third-order valence-electron chi connectivity index (χ3n) is 10.3. The highest BCUT2D eigenvalue weighted by atomic mass is 31.2. The Balaban J connectivity index is 4.08. The number of carbonyl (C=O) groups excluding carboxylic acids is 2. The van der Waals surface area contributed by atoms with E-state index in [1.807, 2.05) is 0 Å². The molecule has 340 valence electrons. The Labute approximate surface area is 356 Å². The van der Waals surface area contributed by atoms with E-state index in [-0.39, 0.29) is 32.6 Å². The van der Waals surface area contributed by atoms with E-state index < -0.39 is 32.5 Å². The van der Waals surface area contributed by atoms with Crippen LogP contribution in [-0.4, -0.2) is 49.3 Å². The Hall–Kier alpha value is -1.77. The van der Waals surface area contributed by atoms with Crippen LogP contribution >= 0.6 is 7.82 Å². The number of phosphoric acid groups is 1. The van der Waals surface area contributed by atoms with Crippen molar-refractivity contribution in [2.75, 3.05) is 26.4 Å². The lowest BCUT2D eigenvalue weighted by molar-refractivity contribution is -0.161. The lowest BCUT2D eigenvalue weighted by Crippen LogP contribution is -2.29. The summed E-state index contributed by atoms with van der Waals surface area (Å²) in [6.45, 7) is 3.69. The van der Waals surface area contributed by atoms with Crippen molar-refractivity contribution >= 4 is 19.8 Å². The van der Waals surface area contributed by atoms with Crippen LogP contribution in [0.1, 0.15) is 226 Å². The molecule has 0 aromatic heterocycles. The second-order valence-electron chi connectivity index (χ2n) is 16.0. The zero-order valence-electron chi connectivity index (χ0n) is 37.5. The molecule has 0 rings (SSSR count). The zero-order valence-corrected chi connectivity index (χ0v) is 38.4. The van der Waals surface area contributed by atoms with Gasteiger partial charge in [0.15, 0.2) is 6.10 Å². The summed E-state index contributed by atoms with van der Waals surface area (Å²) in [5.74, 6) is -0.865. The van der Waals surface area contributed by atoms with Crippen LogP contribution in [0.2, 0.25) is 0 Å². The van der Waals surface area contributed by atoms with E-state index in [0.29, 0.717) is 12.8 Å². The summed E-state index contributed by atoms with van der Waals surface area (Å²) < 4.78 is 32.8. The maximum absolute atomic E-state index is 12.6. The SMILES string of the molecule is CCCCC/C=C/C/C=C/C/C=C/CCCCC(=O)OC[C@H](COP(=O)(O)OCCN)OC(=O)CCCCCCCCCCCCCCCCCCCCCCCC. The molecule has 0 bridgehead atoms. The largest absolute Gasteiger partial charge is 0.472 e. The fourth-order valence-electron chi connectivity index (χ4n) is 6.70. The van der Waals surface area contributed by atoms with Crippen LogP contribution in [0.25, 0.3) is 0 Å². The van der Waals surface area contributed by atoms with E-state index in [1.165, 1.54) is 141 Å². The van der Waals surface area contributed by atoms with Gasteiger partial charge in [0.05, 0.1) is 13.2 Å². The lowest BCUT2D eigenvalue weighted by atomic mass is 10.0. The average Bonchev–Trinajstić information content (AvgIpc) is 3.21. The number of nitrogens with two attached hydrogens (primary N) is 1. The summed E-state index contributed by atoms with van der Waals surface area (Å²) in [5, 5.41) is 0. The predicted octanol–water partition coefficient (Wildman–Crippen LogP) is 14.1. The van der Waals surface area contributed by atoms with Crippen molar-refractivity contribution in [2.24, 2.45) is 5.73 Å². The molecule has 3 N–H and O–H groups in total. The smallest absolute Gasteiger partial charge is 0.462 e. The lowest BCUT2D eigenvalue weighted by Gasteiger charge is -2.19. The number of carbonyl (C=O) groups is 2. The predicted molar refractivity (Wildman–Crippen MR) is 243 cm³/mol. The summed E-state index contributed by atoms with van der Waals surface area (Å²) in [6, 6.07) is 0. The van der Waals surface area contributed by atoms with Crippen LogP contribution < -0.4 is 5.73 Å². The number of allylic oxidation sites excluding steroid dienone is 6. The summed E-state index contributed by atoms with van der Waals surface area (Å²) >= 11 is 0. The Morgan fingerprint density at radius 3 is 1.36 bits per heavy atom. The fraction of sp³-hybridized carbons (Fsp3) is 0.833. The van der Waals surface area contributed by atoms with Crippen LogP contribution in [0.4, 0.5) is 0 Å². The third kappa shape index (κ3) is 43.8. The first-order chi connectivity index (χ1) is 28.3. The summed E-state index contributed by atoms with van der Waals surface area (Å²) in [6.07, 6.45) is 50.4. The van der Waals surface area contributed by atoms with Crippen molar-refractivity contribution in [3.8, 4) is 0 Å². The van der Waals surface area contributed by atoms with Gasteiger partial charge in [-0.15, -0.1) is 0 Å². The van der Waals surface area contributed by atoms with Crippen molar-refractivity contribution < 1.29 is 37.6 Å². The number of rotatable bonds is 45. The highest BCUT2D eigenvalue weighted by molar-refractivity contribution is 7.47. The minimum absolute atomic E-state index is 0.0490. The average molecular weight is 840 g/mol. The van der Waals surface area contributed by atoms with Gasteiger partial charge in [-0.2, -0.15) is 0 Å². The van der Waals surface area contributed by atoms with E-state index in [1.54, 1.807) is 0 Å². The van der Waals surface area contributed by atoms with Gasteiger partial charge in [-0.3, -0.25) is 18.6 Å². The van der Waals surface area contributed by atoms with Gasteiger partial charge in [0.2, 0.25) is 0 Å². The van der Waals surface area contributed by atoms with Crippen molar-refractivity contribution in [3.63, 3.8) is 0 Å². The molecule has 0 amide bonds. The maximum atomic E-state index is 12.6. The van der Waals surface area contributed by atoms with Gasteiger partial charge in [-0.1, -0.05) is 198 Å². The molecular formula is C48H90NO8P. The minimum atomic E-state index is -4.39. The third-order valence-corrected chi connectivity index (χ3v) is 11.3. The number of hydrogen-bond donors (Lipinski definition) is 2. The number of ether oxygens (including phenoxy) is 2. The van der Waals surface area contributed by atoms with Crippen molar-refractivity contribution in [1.82, 2.24) is 0 Å². The molecule has 2 atom stereocenters. The normalized spacial score (nSPS) is 13.5. The molecule has 0 spiro atoms. The topological polar surface area (TPSA) is 134 Å². The molecule has 0 aliphatic carbocycles. The van der Waals surface area contributed by atoms with Gasteiger partial charge in [0.1, 0.15) is 6.61 Å². The van der Waals surface area contributed by atoms with Gasteiger partial charge in [0, 0.05) is 19.4 Å². The second-order valence-corrected chi connectivity index (χ2v) is 17.4. The summed E-state index contributed by atoms with van der Waals surface area (Å²) in [5.41, 5.74) is 5.35. The monoisotopic (exact) mass is 840 g/mol. The van der Waals surface area contributed by atoms with Gasteiger partial charge in [-0.25, -0.2) is 4.57 Å². The van der Waals surface area contributed by atoms with Crippen molar-refractivity contribution in [2.45, 2.75) is 232 Å². The minimum Gasteiger partial charge on any atom is -0.462 e. The molecule has 0 fully saturated rings. The zero-order chi connectivity index (χ0) is 42.5. The molecule has 10 heteroatoms. The molecule has 0 saturated heterocycles. The van der Waals surface area contributed by atoms with Crippen LogP contribution in [0.15, 0.2) is 36.5 Å². The van der Waals surface area contributed by atoms with Gasteiger partial charge in [0.25, 0.3) is 0 Å². The molecule has 58 heavy (non-hydrogen) atoms. The highest BCUT2D eigenvalue weighted by Gasteiger charge is 2.26. The maximum Gasteiger partial charge on any atom is 0.472 e. The first-order valence-corrected chi connectivity index (χ1v) is 25.5. The molecule has 0 radical (unpaired) electrons. The highest BCUT2D eigenvalue weighted by Crippen LogP contribution is 2.43. The molecule has 0 saturated carbocycles. The summed E-state index contributed by atoms with van der Waals surface area (Å²) in [7, 11) is -4.39. The Kier molecular flexibility index (Phi) is 43.4. The fourth-order valence-corrected chi connectivity index (χ4v) is 7.47. The first kappa shape index (κ1) is 56.2. The van der Waals surface area contributed by atoms with E-state index in [2.05, 4.69) is 50.3 Å². The second kappa shape index (κ2) is 44.8. The van der Waals surface area contributed by atoms with E-state index >= 15 is 0 Å². The molecular weight excluding hydrogens is 750 g/mol. The van der Waals surface area contributed by atoms with Gasteiger partial charge < -0.3 is 20.1 Å².